The van der Waals surface area contributed by atoms with Crippen LogP contribution in [0.1, 0.15) is 17.3 Å². The molecular formula is C15H22N4. The molecule has 0 unspecified atom stereocenters. The quantitative estimate of drug-likeness (QED) is 0.857. The van der Waals surface area contributed by atoms with Crippen LogP contribution >= 0.6 is 0 Å². The van der Waals surface area contributed by atoms with Gasteiger partial charge < -0.3 is 15.2 Å². The second-order valence-electron chi connectivity index (χ2n) is 5.11. The van der Waals surface area contributed by atoms with Crippen molar-refractivity contribution in [3.05, 3.63) is 54.1 Å². The fourth-order valence-electron chi connectivity index (χ4n) is 2.11. The topological polar surface area (TPSA) is 47.1 Å². The molecule has 0 spiro atoms. The van der Waals surface area contributed by atoms with Crippen molar-refractivity contribution in [1.82, 2.24) is 14.5 Å². The van der Waals surface area contributed by atoms with E-state index in [2.05, 4.69) is 40.7 Å². The molecule has 0 fully saturated rings. The highest BCUT2D eigenvalue weighted by Gasteiger charge is 2.12. The number of rotatable bonds is 6. The first kappa shape index (κ1) is 13.8. The van der Waals surface area contributed by atoms with E-state index in [1.165, 1.54) is 5.56 Å². The van der Waals surface area contributed by atoms with Crippen molar-refractivity contribution in [2.24, 2.45) is 5.73 Å². The van der Waals surface area contributed by atoms with Crippen LogP contribution in [-0.4, -0.2) is 35.1 Å². The maximum Gasteiger partial charge on any atom is 0.0949 e. The molecule has 19 heavy (non-hydrogen) atoms. The summed E-state index contributed by atoms with van der Waals surface area (Å²) in [6.45, 7) is 1.91. The highest BCUT2D eigenvalue weighted by Crippen LogP contribution is 2.15. The van der Waals surface area contributed by atoms with Crippen molar-refractivity contribution in [1.29, 1.82) is 0 Å². The lowest BCUT2D eigenvalue weighted by atomic mass is 10.0. The van der Waals surface area contributed by atoms with Gasteiger partial charge in [-0.15, -0.1) is 0 Å². The average molecular weight is 258 g/mol. The van der Waals surface area contributed by atoms with Crippen LogP contribution in [0.25, 0.3) is 0 Å². The van der Waals surface area contributed by atoms with Gasteiger partial charge in [-0.2, -0.15) is 0 Å². The van der Waals surface area contributed by atoms with E-state index < -0.39 is 0 Å². The maximum absolute atomic E-state index is 6.30. The zero-order chi connectivity index (χ0) is 13.7. The summed E-state index contributed by atoms with van der Waals surface area (Å²) in [6.07, 6.45) is 4.58. The number of imidazole rings is 1. The highest BCUT2D eigenvalue weighted by molar-refractivity contribution is 5.18. The number of nitrogens with zero attached hydrogens (tertiary/aromatic N) is 3. The molecule has 1 aromatic heterocycles. The molecule has 1 aromatic carbocycles. The predicted molar refractivity (Wildman–Crippen MR) is 77.9 cm³/mol. The number of hydrogen-bond acceptors (Lipinski definition) is 3. The molecular weight excluding hydrogens is 236 g/mol. The molecule has 2 aromatic rings. The monoisotopic (exact) mass is 258 g/mol. The van der Waals surface area contributed by atoms with Gasteiger partial charge in [0.1, 0.15) is 0 Å². The molecule has 1 heterocycles. The first-order valence-electron chi connectivity index (χ1n) is 6.61. The van der Waals surface area contributed by atoms with Crippen LogP contribution in [0.15, 0.2) is 42.9 Å². The summed E-state index contributed by atoms with van der Waals surface area (Å²) in [5.74, 6) is 0. The lowest BCUT2D eigenvalue weighted by Gasteiger charge is -2.16. The summed E-state index contributed by atoms with van der Waals surface area (Å²) in [5.41, 5.74) is 8.67. The number of benzene rings is 1. The van der Waals surface area contributed by atoms with Crippen LogP contribution in [0.2, 0.25) is 0 Å². The van der Waals surface area contributed by atoms with Gasteiger partial charge in [0, 0.05) is 19.3 Å². The van der Waals surface area contributed by atoms with Crippen LogP contribution in [0.5, 0.6) is 0 Å². The Balaban J connectivity index is 2.03. The molecule has 0 saturated heterocycles. The van der Waals surface area contributed by atoms with Gasteiger partial charge >= 0.3 is 0 Å². The fourth-order valence-corrected chi connectivity index (χ4v) is 2.11. The van der Waals surface area contributed by atoms with Crippen molar-refractivity contribution in [3.8, 4) is 0 Å². The molecule has 0 radical (unpaired) electrons. The van der Waals surface area contributed by atoms with Crippen LogP contribution in [-0.2, 0) is 13.0 Å². The van der Waals surface area contributed by atoms with Crippen molar-refractivity contribution >= 4 is 0 Å². The second kappa shape index (κ2) is 6.50. The Hall–Kier alpha value is -1.65. The molecule has 1 atom stereocenters. The maximum atomic E-state index is 6.30. The summed E-state index contributed by atoms with van der Waals surface area (Å²) in [6, 6.07) is 10.3. The average Bonchev–Trinajstić information content (AvgIpc) is 2.86. The third kappa shape index (κ3) is 3.91. The van der Waals surface area contributed by atoms with Gasteiger partial charge in [0.05, 0.1) is 18.1 Å². The molecule has 0 aliphatic heterocycles. The Bertz CT molecular complexity index is 490. The zero-order valence-electron chi connectivity index (χ0n) is 11.7. The molecule has 0 amide bonds. The molecule has 0 aliphatic carbocycles. The number of nitrogens with two attached hydrogens (primary N) is 1. The van der Waals surface area contributed by atoms with Crippen molar-refractivity contribution < 1.29 is 0 Å². The molecule has 102 valence electrons. The Labute approximate surface area is 114 Å². The molecule has 0 bridgehead atoms. The Morgan fingerprint density at radius 1 is 1.26 bits per heavy atom. The Kier molecular flexibility index (Phi) is 4.71. The van der Waals surface area contributed by atoms with E-state index in [-0.39, 0.29) is 6.04 Å². The molecule has 4 nitrogen and oxygen atoms in total. The molecule has 0 aliphatic rings. The number of aromatic nitrogens is 2. The van der Waals surface area contributed by atoms with E-state index in [1.807, 2.05) is 30.7 Å². The largest absolute Gasteiger partial charge is 0.332 e. The second-order valence-corrected chi connectivity index (χ2v) is 5.11. The molecule has 4 heteroatoms. The van der Waals surface area contributed by atoms with Gasteiger partial charge in [-0.1, -0.05) is 30.3 Å². The van der Waals surface area contributed by atoms with E-state index in [1.54, 1.807) is 0 Å². The smallest absolute Gasteiger partial charge is 0.0949 e. The van der Waals surface area contributed by atoms with Gasteiger partial charge in [0.25, 0.3) is 0 Å². The number of hydrogen-bond donors (Lipinski definition) is 1. The first-order chi connectivity index (χ1) is 9.16. The zero-order valence-corrected chi connectivity index (χ0v) is 11.7. The minimum Gasteiger partial charge on any atom is -0.332 e. The van der Waals surface area contributed by atoms with Crippen LogP contribution in [0.4, 0.5) is 0 Å². The first-order valence-corrected chi connectivity index (χ1v) is 6.61. The van der Waals surface area contributed by atoms with Crippen LogP contribution in [0.3, 0.4) is 0 Å². The third-order valence-electron chi connectivity index (χ3n) is 3.21. The lowest BCUT2D eigenvalue weighted by Crippen LogP contribution is -2.22. The van der Waals surface area contributed by atoms with Gasteiger partial charge in [0.15, 0.2) is 0 Å². The standard InChI is InChI=1S/C15H22N4/c1-18(2)8-9-19-12-17-11-15(19)14(16)10-13-6-4-3-5-7-13/h3-7,11-12,14H,8-10,16H2,1-2H3/t14-/m1/s1. The van der Waals surface area contributed by atoms with E-state index in [0.29, 0.717) is 0 Å². The molecule has 0 saturated carbocycles. The summed E-state index contributed by atoms with van der Waals surface area (Å²) in [7, 11) is 4.14. The van der Waals surface area contributed by atoms with Crippen LogP contribution in [0, 0.1) is 0 Å². The van der Waals surface area contributed by atoms with E-state index in [9.17, 15) is 0 Å². The Morgan fingerprint density at radius 3 is 2.68 bits per heavy atom. The summed E-state index contributed by atoms with van der Waals surface area (Å²) < 4.78 is 2.15. The normalized spacial score (nSPS) is 12.8. The van der Waals surface area contributed by atoms with Gasteiger partial charge in [-0.25, -0.2) is 4.98 Å². The summed E-state index contributed by atoms with van der Waals surface area (Å²) in [4.78, 5) is 6.39. The molecule has 2 rings (SSSR count). The predicted octanol–water partition coefficient (Wildman–Crippen LogP) is 1.69. The SMILES string of the molecule is CN(C)CCn1cncc1[C@H](N)Cc1ccccc1. The minimum absolute atomic E-state index is 0.00735. The summed E-state index contributed by atoms with van der Waals surface area (Å²) in [5, 5.41) is 0. The Morgan fingerprint density at radius 2 is 2.00 bits per heavy atom. The van der Waals surface area contributed by atoms with Gasteiger partial charge in [0.2, 0.25) is 0 Å². The fraction of sp³-hybridized carbons (Fsp3) is 0.400. The molecule has 2 N–H and O–H groups in total. The third-order valence-corrected chi connectivity index (χ3v) is 3.21. The van der Waals surface area contributed by atoms with Gasteiger partial charge in [-0.3, -0.25) is 0 Å². The van der Waals surface area contributed by atoms with Crippen molar-refractivity contribution in [2.45, 2.75) is 19.0 Å². The van der Waals surface area contributed by atoms with Crippen LogP contribution < -0.4 is 5.73 Å². The lowest BCUT2D eigenvalue weighted by molar-refractivity contribution is 0.378. The van der Waals surface area contributed by atoms with E-state index in [0.717, 1.165) is 25.2 Å². The van der Waals surface area contributed by atoms with E-state index >= 15 is 0 Å². The number of likely N-dealkylation sites (N-methyl/N-ethyl adjacent to an activating group) is 1. The van der Waals surface area contributed by atoms with E-state index in [4.69, 9.17) is 5.73 Å². The summed E-state index contributed by atoms with van der Waals surface area (Å²) >= 11 is 0. The van der Waals surface area contributed by atoms with Gasteiger partial charge in [-0.05, 0) is 26.1 Å². The minimum atomic E-state index is -0.00735. The highest BCUT2D eigenvalue weighted by atomic mass is 15.1. The van der Waals surface area contributed by atoms with Crippen molar-refractivity contribution in [3.63, 3.8) is 0 Å². The van der Waals surface area contributed by atoms with Crippen molar-refractivity contribution in [2.75, 3.05) is 20.6 Å².